The van der Waals surface area contributed by atoms with Crippen molar-refractivity contribution >= 4 is 16.8 Å². The lowest BCUT2D eigenvalue weighted by Gasteiger charge is -2.32. The van der Waals surface area contributed by atoms with Crippen LogP contribution in [0, 0.1) is 5.92 Å². The molecule has 30 heavy (non-hydrogen) atoms. The van der Waals surface area contributed by atoms with E-state index in [0.29, 0.717) is 18.9 Å². The molecule has 3 aromatic rings. The third-order valence-electron chi connectivity index (χ3n) is 6.69. The Kier molecular flexibility index (Phi) is 5.15. The average molecular weight is 405 g/mol. The van der Waals surface area contributed by atoms with Crippen molar-refractivity contribution in [2.75, 3.05) is 13.1 Å². The number of piperidine rings is 1. The van der Waals surface area contributed by atoms with Gasteiger partial charge in [-0.05, 0) is 61.6 Å². The molecule has 1 saturated heterocycles. The van der Waals surface area contributed by atoms with Crippen LogP contribution in [0.15, 0.2) is 41.3 Å². The van der Waals surface area contributed by atoms with Crippen molar-refractivity contribution in [2.24, 2.45) is 5.92 Å². The van der Waals surface area contributed by atoms with Gasteiger partial charge in [0.1, 0.15) is 0 Å². The Bertz CT molecular complexity index is 1120. The first-order valence-electron chi connectivity index (χ1n) is 11.1. The molecule has 0 atom stereocenters. The number of carbonyl (C=O) groups excluding carboxylic acids is 1. The maximum absolute atomic E-state index is 12.8. The van der Waals surface area contributed by atoms with E-state index < -0.39 is 0 Å². The van der Waals surface area contributed by atoms with E-state index in [1.165, 1.54) is 0 Å². The third-order valence-corrected chi connectivity index (χ3v) is 6.69. The number of aryl methyl sites for hydroxylation is 2. The number of benzene rings is 1. The molecule has 156 valence electrons. The van der Waals surface area contributed by atoms with Crippen molar-refractivity contribution in [2.45, 2.75) is 51.5 Å². The first kappa shape index (κ1) is 19.1. The van der Waals surface area contributed by atoms with Crippen molar-refractivity contribution in [3.63, 3.8) is 0 Å². The van der Waals surface area contributed by atoms with Gasteiger partial charge in [0.2, 0.25) is 5.91 Å². The number of hydrogen-bond acceptors (Lipinski definition) is 3. The van der Waals surface area contributed by atoms with Crippen molar-refractivity contribution in [3.05, 3.63) is 63.7 Å². The molecule has 2 aromatic heterocycles. The Hall–Kier alpha value is -2.89. The summed E-state index contributed by atoms with van der Waals surface area (Å²) in [6.07, 6.45) is 8.50. The van der Waals surface area contributed by atoms with E-state index in [-0.39, 0.29) is 11.5 Å². The molecule has 0 saturated carbocycles. The standard InChI is InChI=1S/C24H28N4O2/c29-23(14-19-15-25-22-8-4-2-6-20(19)22)27-11-9-17(10-12-27)16-28-24(30)13-18-5-1-3-7-21(18)26-28/h2,4,6,8,13,15,17,25H,1,3,5,7,9-12,14,16H2. The Labute approximate surface area is 175 Å². The van der Waals surface area contributed by atoms with Crippen LogP contribution >= 0.6 is 0 Å². The van der Waals surface area contributed by atoms with Gasteiger partial charge in [0, 0.05) is 42.8 Å². The first-order chi connectivity index (χ1) is 14.7. The van der Waals surface area contributed by atoms with Crippen LogP contribution in [0.2, 0.25) is 0 Å². The molecule has 5 rings (SSSR count). The quantitative estimate of drug-likeness (QED) is 0.726. The number of nitrogens with one attached hydrogen (secondary N) is 1. The number of likely N-dealkylation sites (tertiary alicyclic amines) is 1. The van der Waals surface area contributed by atoms with Crippen LogP contribution in [0.4, 0.5) is 0 Å². The van der Waals surface area contributed by atoms with Crippen LogP contribution in [0.25, 0.3) is 10.9 Å². The van der Waals surface area contributed by atoms with Crippen molar-refractivity contribution in [1.29, 1.82) is 0 Å². The molecule has 0 unspecified atom stereocenters. The van der Waals surface area contributed by atoms with Crippen molar-refractivity contribution in [3.8, 4) is 0 Å². The number of amides is 1. The molecular weight excluding hydrogens is 376 g/mol. The second-order valence-corrected chi connectivity index (χ2v) is 8.70. The van der Waals surface area contributed by atoms with E-state index >= 15 is 0 Å². The van der Waals surface area contributed by atoms with Crippen LogP contribution in [-0.2, 0) is 30.6 Å². The number of H-pyrrole nitrogens is 1. The number of hydrogen-bond donors (Lipinski definition) is 1. The highest BCUT2D eigenvalue weighted by Gasteiger charge is 2.24. The SMILES string of the molecule is O=C(Cc1c[nH]c2ccccc12)N1CCC(Cn2nc3c(cc2=O)CCCC3)CC1. The minimum absolute atomic E-state index is 0.0218. The number of nitrogens with zero attached hydrogens (tertiary/aromatic N) is 3. The molecular formula is C24H28N4O2. The molecule has 1 N–H and O–H groups in total. The molecule has 1 aromatic carbocycles. The van der Waals surface area contributed by atoms with Crippen molar-refractivity contribution < 1.29 is 4.79 Å². The maximum atomic E-state index is 12.8. The molecule has 0 bridgehead atoms. The molecule has 1 amide bonds. The maximum Gasteiger partial charge on any atom is 0.267 e. The smallest absolute Gasteiger partial charge is 0.267 e. The van der Waals surface area contributed by atoms with E-state index in [0.717, 1.165) is 79.3 Å². The first-order valence-corrected chi connectivity index (χ1v) is 11.1. The number of para-hydroxylation sites is 1. The van der Waals surface area contributed by atoms with Crippen LogP contribution in [0.5, 0.6) is 0 Å². The summed E-state index contributed by atoms with van der Waals surface area (Å²) in [5, 5.41) is 5.78. The van der Waals surface area contributed by atoms with Gasteiger partial charge in [0.05, 0.1) is 12.1 Å². The van der Waals surface area contributed by atoms with Gasteiger partial charge in [-0.25, -0.2) is 4.68 Å². The lowest BCUT2D eigenvalue weighted by Crippen LogP contribution is -2.41. The Balaban J connectivity index is 1.19. The van der Waals surface area contributed by atoms with E-state index in [1.807, 2.05) is 29.3 Å². The number of fused-ring (bicyclic) bond motifs is 2. The average Bonchev–Trinajstić information content (AvgIpc) is 3.17. The van der Waals surface area contributed by atoms with Crippen LogP contribution < -0.4 is 5.56 Å². The van der Waals surface area contributed by atoms with Crippen LogP contribution in [-0.4, -0.2) is 38.7 Å². The third kappa shape index (κ3) is 3.78. The zero-order valence-electron chi connectivity index (χ0n) is 17.3. The number of aromatic nitrogens is 3. The molecule has 1 aliphatic carbocycles. The summed E-state index contributed by atoms with van der Waals surface area (Å²) in [5.74, 6) is 0.580. The van der Waals surface area contributed by atoms with Gasteiger partial charge < -0.3 is 9.88 Å². The van der Waals surface area contributed by atoms with E-state index in [1.54, 1.807) is 10.7 Å². The summed E-state index contributed by atoms with van der Waals surface area (Å²) in [5.41, 5.74) is 4.39. The Morgan fingerprint density at radius 2 is 1.93 bits per heavy atom. The van der Waals surface area contributed by atoms with Gasteiger partial charge in [0.25, 0.3) is 5.56 Å². The summed E-state index contributed by atoms with van der Waals surface area (Å²) in [6, 6.07) is 9.89. The lowest BCUT2D eigenvalue weighted by atomic mass is 9.95. The molecule has 0 radical (unpaired) electrons. The molecule has 0 spiro atoms. The largest absolute Gasteiger partial charge is 0.361 e. The number of aromatic amines is 1. The summed E-state index contributed by atoms with van der Waals surface area (Å²) >= 11 is 0. The highest BCUT2D eigenvalue weighted by molar-refractivity contribution is 5.88. The zero-order valence-corrected chi connectivity index (χ0v) is 17.3. The molecule has 1 aliphatic heterocycles. The molecule has 6 heteroatoms. The van der Waals surface area contributed by atoms with Gasteiger partial charge in [-0.2, -0.15) is 5.10 Å². The van der Waals surface area contributed by atoms with E-state index in [2.05, 4.69) is 16.1 Å². The van der Waals surface area contributed by atoms with Gasteiger partial charge in [-0.15, -0.1) is 0 Å². The predicted molar refractivity (Wildman–Crippen MR) is 116 cm³/mol. The lowest BCUT2D eigenvalue weighted by molar-refractivity contribution is -0.131. The minimum Gasteiger partial charge on any atom is -0.361 e. The molecule has 1 fully saturated rings. The highest BCUT2D eigenvalue weighted by atomic mass is 16.2. The fraction of sp³-hybridized carbons (Fsp3) is 0.458. The van der Waals surface area contributed by atoms with Crippen LogP contribution in [0.3, 0.4) is 0 Å². The summed E-state index contributed by atoms with van der Waals surface area (Å²) in [6.45, 7) is 2.17. The molecule has 3 heterocycles. The normalized spacial score (nSPS) is 17.3. The Morgan fingerprint density at radius 3 is 2.80 bits per heavy atom. The highest BCUT2D eigenvalue weighted by Crippen LogP contribution is 2.23. The predicted octanol–water partition coefficient (Wildman–Crippen LogP) is 3.08. The number of rotatable bonds is 4. The fourth-order valence-electron chi connectivity index (χ4n) is 4.89. The monoisotopic (exact) mass is 404 g/mol. The van der Waals surface area contributed by atoms with Crippen LogP contribution in [0.1, 0.15) is 42.5 Å². The summed E-state index contributed by atoms with van der Waals surface area (Å²) in [4.78, 5) is 30.5. The second-order valence-electron chi connectivity index (χ2n) is 8.70. The van der Waals surface area contributed by atoms with Crippen molar-refractivity contribution in [1.82, 2.24) is 19.7 Å². The fourth-order valence-corrected chi connectivity index (χ4v) is 4.89. The zero-order chi connectivity index (χ0) is 20.5. The number of carbonyl (C=O) groups is 1. The second kappa shape index (κ2) is 8.09. The summed E-state index contributed by atoms with van der Waals surface area (Å²) < 4.78 is 1.66. The van der Waals surface area contributed by atoms with E-state index in [9.17, 15) is 9.59 Å². The molecule has 2 aliphatic rings. The van der Waals surface area contributed by atoms with Gasteiger partial charge in [-0.1, -0.05) is 18.2 Å². The van der Waals surface area contributed by atoms with E-state index in [4.69, 9.17) is 0 Å². The van der Waals surface area contributed by atoms with Gasteiger partial charge >= 0.3 is 0 Å². The van der Waals surface area contributed by atoms with Gasteiger partial charge in [0.15, 0.2) is 0 Å². The topological polar surface area (TPSA) is 71.0 Å². The summed E-state index contributed by atoms with van der Waals surface area (Å²) in [7, 11) is 0. The molecule has 6 nitrogen and oxygen atoms in total. The Morgan fingerprint density at radius 1 is 1.13 bits per heavy atom. The minimum atomic E-state index is 0.0218. The van der Waals surface area contributed by atoms with Gasteiger partial charge in [-0.3, -0.25) is 9.59 Å².